The average Bonchev–Trinajstić information content (AvgIpc) is 3.06. The van der Waals surface area contributed by atoms with E-state index in [0.29, 0.717) is 24.3 Å². The Morgan fingerprint density at radius 3 is 2.81 bits per heavy atom. The summed E-state index contributed by atoms with van der Waals surface area (Å²) in [5.41, 5.74) is -0.404. The first-order chi connectivity index (χ1) is 12.4. The maximum Gasteiger partial charge on any atom is 0.336 e. The summed E-state index contributed by atoms with van der Waals surface area (Å²) in [5, 5.41) is 11.0. The Morgan fingerprint density at radius 1 is 1.35 bits per heavy atom. The number of aromatic hydroxyl groups is 1. The standard InChI is InChI=1S/C20H21NO5/c1-4-26-18(24)20-15(22)11-13-7-5-12-6-8-14(25-3)17(23)16(12)19(13,20)9-10-21(20)2/h5-8,11,23H,4,9-10H2,1-3H3. The summed E-state index contributed by atoms with van der Waals surface area (Å²) in [4.78, 5) is 28.1. The van der Waals surface area contributed by atoms with Crippen molar-refractivity contribution in [3.05, 3.63) is 41.0 Å². The molecule has 6 heteroatoms. The molecule has 2 aliphatic carbocycles. The molecule has 0 amide bonds. The fraction of sp³-hybridized carbons (Fsp3) is 0.400. The topological polar surface area (TPSA) is 76.1 Å². The van der Waals surface area contributed by atoms with Crippen molar-refractivity contribution in [1.82, 2.24) is 4.90 Å². The quantitative estimate of drug-likeness (QED) is 0.658. The molecule has 1 spiro atoms. The van der Waals surface area contributed by atoms with Crippen molar-refractivity contribution in [3.63, 3.8) is 0 Å². The molecule has 4 rings (SSSR count). The molecule has 136 valence electrons. The summed E-state index contributed by atoms with van der Waals surface area (Å²) < 4.78 is 10.6. The van der Waals surface area contributed by atoms with E-state index in [1.165, 1.54) is 13.2 Å². The summed E-state index contributed by atoms with van der Waals surface area (Å²) in [6, 6.07) is 3.53. The second-order valence-corrected chi connectivity index (χ2v) is 6.89. The highest BCUT2D eigenvalue weighted by Crippen LogP contribution is 2.62. The Balaban J connectivity index is 2.08. The number of hydrogen-bond acceptors (Lipinski definition) is 6. The number of phenolic OH excluding ortho intramolecular Hbond substituents is 1. The van der Waals surface area contributed by atoms with Gasteiger partial charge in [0, 0.05) is 12.1 Å². The molecule has 6 nitrogen and oxygen atoms in total. The predicted octanol–water partition coefficient (Wildman–Crippen LogP) is 1.81. The van der Waals surface area contributed by atoms with Crippen LogP contribution >= 0.6 is 0 Å². The molecule has 0 aromatic heterocycles. The lowest BCUT2D eigenvalue weighted by molar-refractivity contribution is -0.160. The van der Waals surface area contributed by atoms with Crippen LogP contribution in [0, 0.1) is 0 Å². The van der Waals surface area contributed by atoms with E-state index in [1.54, 1.807) is 24.9 Å². The summed E-state index contributed by atoms with van der Waals surface area (Å²) in [5.74, 6) is -0.580. The van der Waals surface area contributed by atoms with Gasteiger partial charge < -0.3 is 14.6 Å². The Morgan fingerprint density at radius 2 is 2.12 bits per heavy atom. The molecule has 1 heterocycles. The molecule has 1 aromatic rings. The molecule has 1 saturated heterocycles. The van der Waals surface area contributed by atoms with Gasteiger partial charge in [0.25, 0.3) is 0 Å². The molecule has 0 saturated carbocycles. The Kier molecular flexibility index (Phi) is 3.53. The zero-order valence-corrected chi connectivity index (χ0v) is 15.0. The number of esters is 1. The first kappa shape index (κ1) is 16.8. The smallest absolute Gasteiger partial charge is 0.336 e. The summed E-state index contributed by atoms with van der Waals surface area (Å²) in [7, 11) is 3.24. The number of ketones is 1. The van der Waals surface area contributed by atoms with E-state index < -0.39 is 16.9 Å². The van der Waals surface area contributed by atoms with Crippen molar-refractivity contribution < 1.29 is 24.2 Å². The van der Waals surface area contributed by atoms with E-state index in [-0.39, 0.29) is 18.1 Å². The van der Waals surface area contributed by atoms with Gasteiger partial charge in [-0.15, -0.1) is 0 Å². The highest BCUT2D eigenvalue weighted by molar-refractivity contribution is 6.20. The molecule has 2 unspecified atom stereocenters. The summed E-state index contributed by atoms with van der Waals surface area (Å²) >= 11 is 0. The molecule has 1 N–H and O–H groups in total. The number of likely N-dealkylation sites (N-methyl/N-ethyl adjacent to an activating group) is 1. The first-order valence-electron chi connectivity index (χ1n) is 8.68. The molecule has 1 fully saturated rings. The summed E-state index contributed by atoms with van der Waals surface area (Å²) in [6.07, 6.45) is 5.77. The largest absolute Gasteiger partial charge is 0.504 e. The molecule has 26 heavy (non-hydrogen) atoms. The number of fused-ring (bicyclic) bond motifs is 1. The monoisotopic (exact) mass is 355 g/mol. The van der Waals surface area contributed by atoms with Crippen LogP contribution in [0.15, 0.2) is 29.9 Å². The molecule has 0 radical (unpaired) electrons. The van der Waals surface area contributed by atoms with Crippen LogP contribution < -0.4 is 4.74 Å². The fourth-order valence-corrected chi connectivity index (χ4v) is 4.96. The Hall–Kier alpha value is -2.60. The minimum atomic E-state index is -1.50. The van der Waals surface area contributed by atoms with Gasteiger partial charge in [0.05, 0.1) is 19.1 Å². The van der Waals surface area contributed by atoms with Crippen LogP contribution in [0.4, 0.5) is 0 Å². The Labute approximate surface area is 151 Å². The lowest BCUT2D eigenvalue weighted by Crippen LogP contribution is -2.63. The number of likely N-dealkylation sites (tertiary alicyclic amines) is 1. The Bertz CT molecular complexity index is 886. The lowest BCUT2D eigenvalue weighted by atomic mass is 9.60. The van der Waals surface area contributed by atoms with Crippen LogP contribution in [0.5, 0.6) is 11.5 Å². The first-order valence-corrected chi connectivity index (χ1v) is 8.68. The van der Waals surface area contributed by atoms with Crippen LogP contribution in [0.2, 0.25) is 0 Å². The third-order valence-electron chi connectivity index (χ3n) is 5.98. The molecule has 0 bridgehead atoms. The molecular formula is C20H21NO5. The zero-order valence-electron chi connectivity index (χ0n) is 15.0. The second-order valence-electron chi connectivity index (χ2n) is 6.89. The number of carbonyl (C=O) groups excluding carboxylic acids is 2. The second kappa shape index (κ2) is 5.45. The van der Waals surface area contributed by atoms with Crippen molar-refractivity contribution >= 4 is 17.8 Å². The number of methoxy groups -OCH3 is 1. The predicted molar refractivity (Wildman–Crippen MR) is 95.1 cm³/mol. The SMILES string of the molecule is CCOC(=O)C12C(=O)C=C3C=Cc4ccc(OC)c(O)c4C31CCN2C. The van der Waals surface area contributed by atoms with Crippen molar-refractivity contribution in [3.8, 4) is 11.5 Å². The minimum absolute atomic E-state index is 0.0288. The van der Waals surface area contributed by atoms with Gasteiger partial charge >= 0.3 is 5.97 Å². The number of rotatable bonds is 3. The number of benzene rings is 1. The lowest BCUT2D eigenvalue weighted by Gasteiger charge is -2.44. The molecule has 1 aliphatic heterocycles. The number of nitrogens with zero attached hydrogens (tertiary/aromatic N) is 1. The van der Waals surface area contributed by atoms with Gasteiger partial charge in [-0.05, 0) is 43.7 Å². The maximum atomic E-state index is 13.2. The van der Waals surface area contributed by atoms with Crippen molar-refractivity contribution in [2.45, 2.75) is 24.3 Å². The van der Waals surface area contributed by atoms with E-state index >= 15 is 0 Å². The summed E-state index contributed by atoms with van der Waals surface area (Å²) in [6.45, 7) is 2.44. The van der Waals surface area contributed by atoms with Crippen LogP contribution in [-0.2, 0) is 19.7 Å². The van der Waals surface area contributed by atoms with Gasteiger partial charge in [-0.25, -0.2) is 4.79 Å². The van der Waals surface area contributed by atoms with Gasteiger partial charge in [-0.2, -0.15) is 0 Å². The normalized spacial score (nSPS) is 29.0. The van der Waals surface area contributed by atoms with E-state index in [9.17, 15) is 14.7 Å². The van der Waals surface area contributed by atoms with E-state index in [0.717, 1.165) is 11.1 Å². The van der Waals surface area contributed by atoms with E-state index in [1.807, 2.05) is 18.2 Å². The third kappa shape index (κ3) is 1.65. The van der Waals surface area contributed by atoms with Crippen LogP contribution in [0.1, 0.15) is 24.5 Å². The van der Waals surface area contributed by atoms with Crippen LogP contribution in [0.3, 0.4) is 0 Å². The van der Waals surface area contributed by atoms with Crippen molar-refractivity contribution in [1.29, 1.82) is 0 Å². The molecule has 2 atom stereocenters. The molecule has 3 aliphatic rings. The van der Waals surface area contributed by atoms with Gasteiger partial charge in [0.2, 0.25) is 0 Å². The molecule has 1 aromatic carbocycles. The zero-order chi connectivity index (χ0) is 18.7. The van der Waals surface area contributed by atoms with Gasteiger partial charge in [0.1, 0.15) is 0 Å². The highest BCUT2D eigenvalue weighted by atomic mass is 16.5. The highest BCUT2D eigenvalue weighted by Gasteiger charge is 2.73. The van der Waals surface area contributed by atoms with Crippen LogP contribution in [0.25, 0.3) is 6.08 Å². The number of hydrogen-bond donors (Lipinski definition) is 1. The van der Waals surface area contributed by atoms with Crippen LogP contribution in [-0.4, -0.2) is 54.6 Å². The van der Waals surface area contributed by atoms with Crippen molar-refractivity contribution in [2.24, 2.45) is 0 Å². The van der Waals surface area contributed by atoms with Gasteiger partial charge in [-0.3, -0.25) is 9.69 Å². The number of ether oxygens (including phenoxy) is 2. The van der Waals surface area contributed by atoms with Gasteiger partial charge in [0.15, 0.2) is 22.8 Å². The number of allylic oxidation sites excluding steroid dienone is 1. The average molecular weight is 355 g/mol. The van der Waals surface area contributed by atoms with Crippen molar-refractivity contribution in [2.75, 3.05) is 27.3 Å². The van der Waals surface area contributed by atoms with Gasteiger partial charge in [-0.1, -0.05) is 18.2 Å². The number of carbonyl (C=O) groups is 2. The molecular weight excluding hydrogens is 334 g/mol. The van der Waals surface area contributed by atoms with E-state index in [2.05, 4.69) is 0 Å². The van der Waals surface area contributed by atoms with E-state index in [4.69, 9.17) is 9.47 Å². The minimum Gasteiger partial charge on any atom is -0.504 e. The fourth-order valence-electron chi connectivity index (χ4n) is 4.96. The number of phenols is 1. The maximum absolute atomic E-state index is 13.2. The third-order valence-corrected chi connectivity index (χ3v) is 5.98.